The first-order valence-corrected chi connectivity index (χ1v) is 13.9. The third-order valence-corrected chi connectivity index (χ3v) is 7.05. The van der Waals surface area contributed by atoms with E-state index in [1.807, 2.05) is 44.3 Å². The number of para-hydroxylation sites is 1. The number of hydrogen-bond acceptors (Lipinski definition) is 6. The molecule has 13 nitrogen and oxygen atoms in total. The molecule has 1 heterocycles. The van der Waals surface area contributed by atoms with Gasteiger partial charge < -0.3 is 43.2 Å². The summed E-state index contributed by atoms with van der Waals surface area (Å²) in [7, 11) is 0. The van der Waals surface area contributed by atoms with Crippen molar-refractivity contribution in [3.8, 4) is 0 Å². The second-order valence-electron chi connectivity index (χ2n) is 10.6. The summed E-state index contributed by atoms with van der Waals surface area (Å²) >= 11 is 0. The van der Waals surface area contributed by atoms with Crippen molar-refractivity contribution >= 4 is 40.6 Å². The van der Waals surface area contributed by atoms with Gasteiger partial charge in [0.05, 0.1) is 6.04 Å². The van der Waals surface area contributed by atoms with Crippen molar-refractivity contribution in [2.75, 3.05) is 6.54 Å². The van der Waals surface area contributed by atoms with Gasteiger partial charge in [-0.3, -0.25) is 19.4 Å². The minimum absolute atomic E-state index is 0.0937. The molecule has 0 bridgehead atoms. The molecule has 13 heteroatoms. The molecule has 0 aliphatic carbocycles. The summed E-state index contributed by atoms with van der Waals surface area (Å²) in [5.41, 5.74) is 18.6. The van der Waals surface area contributed by atoms with Crippen molar-refractivity contribution in [2.45, 2.75) is 77.5 Å². The van der Waals surface area contributed by atoms with Gasteiger partial charge in [-0.1, -0.05) is 52.3 Å². The Morgan fingerprint density at radius 2 is 1.61 bits per heavy atom. The number of benzene rings is 1. The summed E-state index contributed by atoms with van der Waals surface area (Å²) in [4.78, 5) is 58.3. The van der Waals surface area contributed by atoms with Crippen LogP contribution in [0.2, 0.25) is 0 Å². The summed E-state index contributed by atoms with van der Waals surface area (Å²) in [6, 6.07) is 3.59. The Labute approximate surface area is 240 Å². The van der Waals surface area contributed by atoms with Crippen molar-refractivity contribution in [1.29, 1.82) is 0 Å². The fraction of sp³-hybridized carbons (Fsp3) is 0.536. The van der Waals surface area contributed by atoms with Crippen LogP contribution in [0.15, 0.2) is 35.5 Å². The molecule has 41 heavy (non-hydrogen) atoms. The van der Waals surface area contributed by atoms with Crippen LogP contribution in [-0.2, 0) is 25.6 Å². The quantitative estimate of drug-likeness (QED) is 0.0791. The normalized spacial score (nSPS) is 14.9. The number of carbonyl (C=O) groups excluding carboxylic acids is 3. The number of nitrogens with two attached hydrogens (primary N) is 3. The van der Waals surface area contributed by atoms with Crippen LogP contribution in [0, 0.1) is 11.8 Å². The van der Waals surface area contributed by atoms with Crippen molar-refractivity contribution < 1.29 is 24.3 Å². The van der Waals surface area contributed by atoms with Gasteiger partial charge in [-0.05, 0) is 42.7 Å². The molecule has 2 aromatic rings. The monoisotopic (exact) mass is 572 g/mol. The van der Waals surface area contributed by atoms with Crippen LogP contribution in [0.4, 0.5) is 0 Å². The first kappa shape index (κ1) is 33.1. The highest BCUT2D eigenvalue weighted by Gasteiger charge is 2.33. The Bertz CT molecular complexity index is 1220. The molecular weight excluding hydrogens is 528 g/mol. The summed E-state index contributed by atoms with van der Waals surface area (Å²) in [6.45, 7) is 7.37. The molecule has 0 aliphatic heterocycles. The number of H-pyrrole nitrogens is 1. The Morgan fingerprint density at radius 3 is 2.22 bits per heavy atom. The number of aromatic nitrogens is 1. The minimum Gasteiger partial charge on any atom is -0.480 e. The number of nitrogens with one attached hydrogen (secondary N) is 4. The lowest BCUT2D eigenvalue weighted by Gasteiger charge is -2.29. The lowest BCUT2D eigenvalue weighted by Crippen LogP contribution is -2.59. The average molecular weight is 573 g/mol. The van der Waals surface area contributed by atoms with Crippen molar-refractivity contribution in [2.24, 2.45) is 34.0 Å². The highest BCUT2D eigenvalue weighted by Crippen LogP contribution is 2.19. The Balaban J connectivity index is 2.09. The summed E-state index contributed by atoms with van der Waals surface area (Å²) in [5, 5.41) is 18.5. The Morgan fingerprint density at radius 1 is 0.976 bits per heavy atom. The molecule has 0 aliphatic rings. The van der Waals surface area contributed by atoms with E-state index in [1.165, 1.54) is 0 Å². The standard InChI is InChI=1S/C28H44N8O5/c1-5-16(4)23(36-24(37)19(29)13-17-14-33-20-10-7-6-9-18(17)20)26(39)35-22(15(2)3)25(38)34-21(27(40)41)11-8-12-32-28(30)31/h6-7,9-10,14-16,19,21-23,33H,5,8,11-13,29H2,1-4H3,(H,34,38)(H,35,39)(H,36,37)(H,40,41)(H4,30,31,32). The van der Waals surface area contributed by atoms with Gasteiger partial charge in [0.1, 0.15) is 18.1 Å². The molecule has 1 aromatic heterocycles. The van der Waals surface area contributed by atoms with Gasteiger partial charge in [-0.2, -0.15) is 0 Å². The molecule has 0 spiro atoms. The topological polar surface area (TPSA) is 231 Å². The predicted molar refractivity (Wildman–Crippen MR) is 158 cm³/mol. The van der Waals surface area contributed by atoms with Crippen LogP contribution in [0.1, 0.15) is 52.5 Å². The van der Waals surface area contributed by atoms with Crippen molar-refractivity contribution in [3.05, 3.63) is 36.0 Å². The van der Waals surface area contributed by atoms with Gasteiger partial charge in [0, 0.05) is 23.6 Å². The van der Waals surface area contributed by atoms with Gasteiger partial charge in [0.2, 0.25) is 17.7 Å². The average Bonchev–Trinajstić information content (AvgIpc) is 3.33. The highest BCUT2D eigenvalue weighted by molar-refractivity contribution is 5.94. The van der Waals surface area contributed by atoms with Gasteiger partial charge in [-0.25, -0.2) is 4.79 Å². The van der Waals surface area contributed by atoms with E-state index >= 15 is 0 Å². The number of aromatic amines is 1. The number of nitrogens with zero attached hydrogens (tertiary/aromatic N) is 1. The van der Waals surface area contributed by atoms with E-state index in [-0.39, 0.29) is 37.2 Å². The zero-order valence-electron chi connectivity index (χ0n) is 24.1. The number of hydrogen-bond donors (Lipinski definition) is 8. The molecule has 226 valence electrons. The van der Waals surface area contributed by atoms with E-state index in [9.17, 15) is 24.3 Å². The van der Waals surface area contributed by atoms with Crippen LogP contribution in [0.5, 0.6) is 0 Å². The number of carboxylic acid groups (broad SMARTS) is 1. The lowest BCUT2D eigenvalue weighted by atomic mass is 9.95. The zero-order chi connectivity index (χ0) is 30.7. The molecule has 1 aromatic carbocycles. The minimum atomic E-state index is -1.22. The first-order chi connectivity index (χ1) is 19.3. The van der Waals surface area contributed by atoms with Gasteiger partial charge in [-0.15, -0.1) is 0 Å². The number of amides is 3. The smallest absolute Gasteiger partial charge is 0.326 e. The predicted octanol–water partition coefficient (Wildman–Crippen LogP) is 0.332. The summed E-state index contributed by atoms with van der Waals surface area (Å²) in [6.07, 6.45) is 3.08. The maximum Gasteiger partial charge on any atom is 0.326 e. The van der Waals surface area contributed by atoms with Gasteiger partial charge in [0.15, 0.2) is 5.96 Å². The number of aliphatic imine (C=N–C) groups is 1. The number of guanidine groups is 1. The Hall–Kier alpha value is -4.13. The number of carbonyl (C=O) groups is 4. The van der Waals surface area contributed by atoms with Gasteiger partial charge in [0.25, 0.3) is 0 Å². The largest absolute Gasteiger partial charge is 0.480 e. The SMILES string of the molecule is CCC(C)C(NC(=O)C(N)Cc1c[nH]c2ccccc12)C(=O)NC(C(=O)NC(CCCN=C(N)N)C(=O)O)C(C)C. The zero-order valence-corrected chi connectivity index (χ0v) is 24.1. The van der Waals surface area contributed by atoms with E-state index in [2.05, 4.69) is 25.9 Å². The number of rotatable bonds is 16. The second kappa shape index (κ2) is 15.6. The molecule has 0 radical (unpaired) electrons. The molecule has 5 atom stereocenters. The maximum atomic E-state index is 13.4. The molecule has 0 saturated carbocycles. The third-order valence-electron chi connectivity index (χ3n) is 7.05. The molecule has 2 rings (SSSR count). The van der Waals surface area contributed by atoms with Crippen molar-refractivity contribution in [1.82, 2.24) is 20.9 Å². The molecule has 0 fully saturated rings. The van der Waals surface area contributed by atoms with Gasteiger partial charge >= 0.3 is 5.97 Å². The second-order valence-corrected chi connectivity index (χ2v) is 10.6. The maximum absolute atomic E-state index is 13.4. The Kier molecular flexibility index (Phi) is 12.6. The third kappa shape index (κ3) is 9.78. The highest BCUT2D eigenvalue weighted by atomic mass is 16.4. The van der Waals surface area contributed by atoms with E-state index in [0.717, 1.165) is 16.5 Å². The lowest BCUT2D eigenvalue weighted by molar-refractivity contribution is -0.143. The molecule has 3 amide bonds. The van der Waals surface area contributed by atoms with E-state index < -0.39 is 47.9 Å². The van der Waals surface area contributed by atoms with E-state index in [4.69, 9.17) is 17.2 Å². The van der Waals surface area contributed by atoms with Crippen LogP contribution >= 0.6 is 0 Å². The van der Waals surface area contributed by atoms with Crippen LogP contribution < -0.4 is 33.2 Å². The van der Waals surface area contributed by atoms with Crippen molar-refractivity contribution in [3.63, 3.8) is 0 Å². The summed E-state index contributed by atoms with van der Waals surface area (Å²) in [5.74, 6) is -3.65. The van der Waals surface area contributed by atoms with E-state index in [0.29, 0.717) is 12.8 Å². The van der Waals surface area contributed by atoms with Crippen LogP contribution in [0.25, 0.3) is 10.9 Å². The molecule has 0 saturated heterocycles. The number of fused-ring (bicyclic) bond motifs is 1. The summed E-state index contributed by atoms with van der Waals surface area (Å²) < 4.78 is 0. The number of carboxylic acids is 1. The van der Waals surface area contributed by atoms with E-state index in [1.54, 1.807) is 13.8 Å². The fourth-order valence-corrected chi connectivity index (χ4v) is 4.39. The molecule has 5 unspecified atom stereocenters. The van der Waals surface area contributed by atoms with Crippen LogP contribution in [0.3, 0.4) is 0 Å². The molecular formula is C28H44N8O5. The van der Waals surface area contributed by atoms with Crippen LogP contribution in [-0.4, -0.2) is 70.5 Å². The first-order valence-electron chi connectivity index (χ1n) is 13.9. The number of aliphatic carboxylic acids is 1. The fourth-order valence-electron chi connectivity index (χ4n) is 4.39. The molecule has 11 N–H and O–H groups in total.